The number of hydrogen-bond acceptors (Lipinski definition) is 2. The molecular weight excluding hydrogens is 243 g/mol. The first-order valence-corrected chi connectivity index (χ1v) is 6.79. The summed E-state index contributed by atoms with van der Waals surface area (Å²) in [5.41, 5.74) is 6.90. The second-order valence-corrected chi connectivity index (χ2v) is 5.50. The Labute approximate surface area is 113 Å². The molecule has 1 aromatic rings. The summed E-state index contributed by atoms with van der Waals surface area (Å²) < 4.78 is 13.4. The molecule has 2 rings (SSSR count). The SMILES string of the molecule is Cc1cc(F)cc(C(=O)N2CC(CN)CCC2C)c1. The van der Waals surface area contributed by atoms with Gasteiger partial charge in [-0.05, 0) is 62.9 Å². The van der Waals surface area contributed by atoms with Gasteiger partial charge in [0, 0.05) is 18.2 Å². The number of nitrogens with two attached hydrogens (primary N) is 1. The molecule has 1 aliphatic rings. The van der Waals surface area contributed by atoms with Crippen LogP contribution >= 0.6 is 0 Å². The summed E-state index contributed by atoms with van der Waals surface area (Å²) in [4.78, 5) is 14.3. The second kappa shape index (κ2) is 5.70. The van der Waals surface area contributed by atoms with Crippen molar-refractivity contribution in [2.45, 2.75) is 32.7 Å². The number of nitrogens with zero attached hydrogens (tertiary/aromatic N) is 1. The normalized spacial score (nSPS) is 23.5. The number of rotatable bonds is 2. The molecule has 0 spiro atoms. The maximum Gasteiger partial charge on any atom is 0.254 e. The number of amides is 1. The fourth-order valence-electron chi connectivity index (χ4n) is 2.68. The van der Waals surface area contributed by atoms with E-state index in [9.17, 15) is 9.18 Å². The van der Waals surface area contributed by atoms with Crippen molar-refractivity contribution in [3.05, 3.63) is 35.1 Å². The Bertz CT molecular complexity index is 455. The molecule has 1 aromatic carbocycles. The van der Waals surface area contributed by atoms with Gasteiger partial charge in [0.15, 0.2) is 0 Å². The smallest absolute Gasteiger partial charge is 0.254 e. The number of carbonyl (C=O) groups is 1. The van der Waals surface area contributed by atoms with E-state index in [1.165, 1.54) is 12.1 Å². The molecule has 4 heteroatoms. The number of likely N-dealkylation sites (tertiary alicyclic amines) is 1. The Morgan fingerprint density at radius 1 is 1.42 bits per heavy atom. The largest absolute Gasteiger partial charge is 0.336 e. The molecule has 1 saturated heterocycles. The van der Waals surface area contributed by atoms with Gasteiger partial charge in [-0.15, -0.1) is 0 Å². The molecule has 1 fully saturated rings. The molecule has 0 radical (unpaired) electrons. The van der Waals surface area contributed by atoms with Crippen molar-refractivity contribution in [2.24, 2.45) is 11.7 Å². The lowest BCUT2D eigenvalue weighted by molar-refractivity contribution is 0.0566. The topological polar surface area (TPSA) is 46.3 Å². The lowest BCUT2D eigenvalue weighted by atomic mass is 9.93. The van der Waals surface area contributed by atoms with Crippen LogP contribution in [0.25, 0.3) is 0 Å². The average Bonchev–Trinajstić information content (AvgIpc) is 2.37. The molecule has 1 aliphatic heterocycles. The van der Waals surface area contributed by atoms with Crippen LogP contribution in [0.4, 0.5) is 4.39 Å². The van der Waals surface area contributed by atoms with Crippen molar-refractivity contribution in [3.8, 4) is 0 Å². The van der Waals surface area contributed by atoms with E-state index in [0.29, 0.717) is 24.6 Å². The maximum atomic E-state index is 13.4. The summed E-state index contributed by atoms with van der Waals surface area (Å²) in [7, 11) is 0. The van der Waals surface area contributed by atoms with Gasteiger partial charge in [0.2, 0.25) is 0 Å². The van der Waals surface area contributed by atoms with Crippen LogP contribution in [-0.4, -0.2) is 29.9 Å². The minimum absolute atomic E-state index is 0.0896. The minimum atomic E-state index is -0.358. The predicted molar refractivity (Wildman–Crippen MR) is 73.4 cm³/mol. The highest BCUT2D eigenvalue weighted by Gasteiger charge is 2.29. The van der Waals surface area contributed by atoms with Crippen LogP contribution in [0.15, 0.2) is 18.2 Å². The third-order valence-corrected chi connectivity index (χ3v) is 3.86. The monoisotopic (exact) mass is 264 g/mol. The molecule has 2 unspecified atom stereocenters. The predicted octanol–water partition coefficient (Wildman–Crippen LogP) is 2.33. The van der Waals surface area contributed by atoms with Crippen LogP contribution in [0, 0.1) is 18.7 Å². The third kappa shape index (κ3) is 3.13. The van der Waals surface area contributed by atoms with Gasteiger partial charge >= 0.3 is 0 Å². The highest BCUT2D eigenvalue weighted by Crippen LogP contribution is 2.23. The van der Waals surface area contributed by atoms with Crippen LogP contribution in [-0.2, 0) is 0 Å². The van der Waals surface area contributed by atoms with E-state index in [4.69, 9.17) is 5.73 Å². The van der Waals surface area contributed by atoms with Gasteiger partial charge in [-0.3, -0.25) is 4.79 Å². The van der Waals surface area contributed by atoms with Gasteiger partial charge in [0.05, 0.1) is 0 Å². The molecule has 2 N–H and O–H groups in total. The Morgan fingerprint density at radius 2 is 2.16 bits per heavy atom. The van der Waals surface area contributed by atoms with Crippen molar-refractivity contribution >= 4 is 5.91 Å². The Balaban J connectivity index is 2.21. The number of hydrogen-bond donors (Lipinski definition) is 1. The van der Waals surface area contributed by atoms with E-state index < -0.39 is 0 Å². The van der Waals surface area contributed by atoms with Crippen LogP contribution in [0.5, 0.6) is 0 Å². The molecule has 0 aromatic heterocycles. The lowest BCUT2D eigenvalue weighted by Crippen LogP contribution is -2.47. The quantitative estimate of drug-likeness (QED) is 0.891. The van der Waals surface area contributed by atoms with Gasteiger partial charge in [0.25, 0.3) is 5.91 Å². The number of aryl methyl sites for hydroxylation is 1. The second-order valence-electron chi connectivity index (χ2n) is 5.50. The Kier molecular flexibility index (Phi) is 4.20. The van der Waals surface area contributed by atoms with E-state index >= 15 is 0 Å². The lowest BCUT2D eigenvalue weighted by Gasteiger charge is -2.37. The van der Waals surface area contributed by atoms with E-state index in [2.05, 4.69) is 0 Å². The molecule has 0 aliphatic carbocycles. The molecule has 0 bridgehead atoms. The molecular formula is C15H21FN2O. The highest BCUT2D eigenvalue weighted by atomic mass is 19.1. The van der Waals surface area contributed by atoms with E-state index in [0.717, 1.165) is 18.4 Å². The maximum absolute atomic E-state index is 13.4. The van der Waals surface area contributed by atoms with Gasteiger partial charge in [0.1, 0.15) is 5.82 Å². The summed E-state index contributed by atoms with van der Waals surface area (Å²) in [5.74, 6) is -0.0913. The number of benzene rings is 1. The van der Waals surface area contributed by atoms with Gasteiger partial charge < -0.3 is 10.6 Å². The van der Waals surface area contributed by atoms with Crippen LogP contribution in [0.2, 0.25) is 0 Å². The summed E-state index contributed by atoms with van der Waals surface area (Å²) in [6, 6.07) is 4.68. The Morgan fingerprint density at radius 3 is 2.79 bits per heavy atom. The van der Waals surface area contributed by atoms with E-state index in [-0.39, 0.29) is 17.8 Å². The zero-order chi connectivity index (χ0) is 14.0. The zero-order valence-electron chi connectivity index (χ0n) is 11.5. The van der Waals surface area contributed by atoms with Gasteiger partial charge in [-0.1, -0.05) is 0 Å². The summed E-state index contributed by atoms with van der Waals surface area (Å²) >= 11 is 0. The Hall–Kier alpha value is -1.42. The fourth-order valence-corrected chi connectivity index (χ4v) is 2.68. The number of carbonyl (C=O) groups excluding carboxylic acids is 1. The van der Waals surface area contributed by atoms with Gasteiger partial charge in [-0.25, -0.2) is 4.39 Å². The number of halogens is 1. The molecule has 19 heavy (non-hydrogen) atoms. The minimum Gasteiger partial charge on any atom is -0.336 e. The van der Waals surface area contributed by atoms with E-state index in [1.807, 2.05) is 11.8 Å². The van der Waals surface area contributed by atoms with Crippen LogP contribution in [0.3, 0.4) is 0 Å². The van der Waals surface area contributed by atoms with Gasteiger partial charge in [-0.2, -0.15) is 0 Å². The van der Waals surface area contributed by atoms with Crippen molar-refractivity contribution in [3.63, 3.8) is 0 Å². The van der Waals surface area contributed by atoms with Crippen LogP contribution < -0.4 is 5.73 Å². The molecule has 3 nitrogen and oxygen atoms in total. The molecule has 1 heterocycles. The first-order chi connectivity index (χ1) is 9.01. The molecule has 104 valence electrons. The van der Waals surface area contributed by atoms with Crippen molar-refractivity contribution < 1.29 is 9.18 Å². The van der Waals surface area contributed by atoms with Crippen molar-refractivity contribution in [2.75, 3.05) is 13.1 Å². The summed E-state index contributed by atoms with van der Waals surface area (Å²) in [6.45, 7) is 5.10. The fraction of sp³-hybridized carbons (Fsp3) is 0.533. The van der Waals surface area contributed by atoms with Crippen molar-refractivity contribution in [1.29, 1.82) is 0 Å². The summed E-state index contributed by atoms with van der Waals surface area (Å²) in [5, 5.41) is 0. The summed E-state index contributed by atoms with van der Waals surface area (Å²) in [6.07, 6.45) is 2.02. The zero-order valence-corrected chi connectivity index (χ0v) is 11.5. The van der Waals surface area contributed by atoms with Crippen LogP contribution in [0.1, 0.15) is 35.7 Å². The molecule has 1 amide bonds. The molecule has 2 atom stereocenters. The first-order valence-electron chi connectivity index (χ1n) is 6.79. The van der Waals surface area contributed by atoms with Crippen molar-refractivity contribution in [1.82, 2.24) is 4.90 Å². The molecule has 0 saturated carbocycles. The number of piperidine rings is 1. The average molecular weight is 264 g/mol. The highest BCUT2D eigenvalue weighted by molar-refractivity contribution is 5.94. The first kappa shape index (κ1) is 14.0. The standard InChI is InChI=1S/C15H21FN2O/c1-10-5-13(7-14(16)6-10)15(19)18-9-12(8-17)4-3-11(18)2/h5-7,11-12H,3-4,8-9,17H2,1-2H3. The van der Waals surface area contributed by atoms with E-state index in [1.54, 1.807) is 13.0 Å². The third-order valence-electron chi connectivity index (χ3n) is 3.86.